The van der Waals surface area contributed by atoms with E-state index in [1.54, 1.807) is 4.90 Å². The van der Waals surface area contributed by atoms with E-state index in [1.165, 1.54) is 28.1 Å². The van der Waals surface area contributed by atoms with Crippen molar-refractivity contribution in [1.29, 1.82) is 0 Å². The molecule has 2 fully saturated rings. The topological polar surface area (TPSA) is 201 Å². The molecule has 322 valence electrons. The number of imidazole rings is 2. The molecule has 3 aliphatic heterocycles. The fraction of sp³-hybridized carbons (Fsp3) is 0.467. The molecular weight excluding hydrogens is 783 g/mol. The zero-order chi connectivity index (χ0) is 43.4. The number of alkyl carbamates (subject to hydrolysis) is 1. The number of ether oxygens (including phenoxy) is 4. The van der Waals surface area contributed by atoms with Crippen LogP contribution in [-0.2, 0) is 23.9 Å². The first-order valence-electron chi connectivity index (χ1n) is 20.7. The Balaban J connectivity index is 1.04. The Kier molecular flexibility index (Phi) is 10.9. The molecule has 0 unspecified atom stereocenters. The van der Waals surface area contributed by atoms with Gasteiger partial charge in [-0.05, 0) is 92.5 Å². The van der Waals surface area contributed by atoms with Gasteiger partial charge in [-0.1, -0.05) is 32.9 Å². The SMILES string of the molecule is COC(=O)C[C@H](C(=O)N1CCC[C@H]1c1nc2ccc(-c3ccc(-c4ccc5nc([C@@H]6CCCN6C(=O)[C@@H](NC(=O)OC)C(C)(C)O)[nH]c5c4)c4c3OCO4)cc2[nH]1)C(C)(C)C. The Morgan fingerprint density at radius 2 is 1.30 bits per heavy atom. The van der Waals surface area contributed by atoms with Crippen LogP contribution in [-0.4, -0.2) is 104 Å². The van der Waals surface area contributed by atoms with Crippen molar-refractivity contribution in [2.24, 2.45) is 11.3 Å². The standard InChI is InChI=1S/C45H53N7O9/c1-44(2,3)28(22-35(53)58-6)41(54)51-18-8-10-33(51)39-46-29-16-12-24(20-31(29)48-39)26-14-15-27(37-36(26)60-23-61-37)25-13-17-30-32(21-25)49-40(47-30)34-11-9-19-52(34)42(55)38(45(4,5)57)50-43(56)59-7/h12-17,20-21,28,33-34,38,57H,8-11,18-19,22-23H2,1-7H3,(H,46,48)(H,47,49)(H,50,56)/t28-,33+,34+,38-/m1/s1. The molecule has 0 spiro atoms. The number of hydrogen-bond donors (Lipinski definition) is 4. The van der Waals surface area contributed by atoms with Crippen molar-refractivity contribution >= 4 is 45.9 Å². The molecule has 16 nitrogen and oxygen atoms in total. The van der Waals surface area contributed by atoms with Crippen LogP contribution in [0.2, 0.25) is 0 Å². The van der Waals surface area contributed by atoms with Crippen LogP contribution >= 0.6 is 0 Å². The molecule has 3 aliphatic rings. The summed E-state index contributed by atoms with van der Waals surface area (Å²) in [4.78, 5) is 72.3. The zero-order valence-corrected chi connectivity index (χ0v) is 35.6. The number of aliphatic hydroxyl groups is 1. The Morgan fingerprint density at radius 1 is 0.787 bits per heavy atom. The Bertz CT molecular complexity index is 2340. The largest absolute Gasteiger partial charge is 0.469 e. The van der Waals surface area contributed by atoms with Crippen molar-refractivity contribution in [3.8, 4) is 33.8 Å². The molecule has 4 N–H and O–H groups in total. The molecule has 5 heterocycles. The van der Waals surface area contributed by atoms with Gasteiger partial charge in [0.2, 0.25) is 18.6 Å². The van der Waals surface area contributed by atoms with E-state index in [-0.39, 0.29) is 31.2 Å². The molecule has 2 aromatic heterocycles. The summed E-state index contributed by atoms with van der Waals surface area (Å²) in [6.07, 6.45) is 2.21. The number of methoxy groups -OCH3 is 2. The summed E-state index contributed by atoms with van der Waals surface area (Å²) in [5.74, 6) is 1.15. The number of fused-ring (bicyclic) bond motifs is 3. The fourth-order valence-corrected chi connectivity index (χ4v) is 8.89. The highest BCUT2D eigenvalue weighted by atomic mass is 16.7. The number of nitrogens with one attached hydrogen (secondary N) is 3. The molecule has 3 amide bonds. The van der Waals surface area contributed by atoms with E-state index in [9.17, 15) is 24.3 Å². The van der Waals surface area contributed by atoms with Crippen LogP contribution in [0.3, 0.4) is 0 Å². The molecular formula is C45H53N7O9. The number of carbonyl (C=O) groups is 4. The molecule has 2 saturated heterocycles. The van der Waals surface area contributed by atoms with Crippen LogP contribution in [0.25, 0.3) is 44.3 Å². The minimum absolute atomic E-state index is 0.0214. The quantitative estimate of drug-likeness (QED) is 0.111. The highest BCUT2D eigenvalue weighted by molar-refractivity contribution is 5.91. The molecule has 5 aromatic rings. The molecule has 0 aliphatic carbocycles. The lowest BCUT2D eigenvalue weighted by molar-refractivity contribution is -0.150. The van der Waals surface area contributed by atoms with Crippen LogP contribution in [0.1, 0.15) is 90.5 Å². The molecule has 0 saturated carbocycles. The molecule has 0 bridgehead atoms. The van der Waals surface area contributed by atoms with Crippen LogP contribution < -0.4 is 14.8 Å². The summed E-state index contributed by atoms with van der Waals surface area (Å²) in [5.41, 5.74) is 4.60. The summed E-state index contributed by atoms with van der Waals surface area (Å²) in [7, 11) is 2.55. The minimum Gasteiger partial charge on any atom is -0.469 e. The summed E-state index contributed by atoms with van der Waals surface area (Å²) in [5, 5.41) is 13.3. The average Bonchev–Trinajstić information content (AvgIpc) is 4.08. The maximum Gasteiger partial charge on any atom is 0.407 e. The number of hydrogen-bond acceptors (Lipinski definition) is 11. The number of aromatic nitrogens is 4. The normalized spacial score (nSPS) is 18.8. The Labute approximate surface area is 353 Å². The number of esters is 1. The maximum atomic E-state index is 14.0. The Hall–Kier alpha value is -6.16. The van der Waals surface area contributed by atoms with Gasteiger partial charge < -0.3 is 49.1 Å². The second kappa shape index (κ2) is 16.0. The molecule has 4 atom stereocenters. The number of benzene rings is 3. The number of H-pyrrole nitrogens is 2. The predicted octanol–water partition coefficient (Wildman–Crippen LogP) is 6.55. The maximum absolute atomic E-state index is 14.0. The van der Waals surface area contributed by atoms with Crippen LogP contribution in [0.15, 0.2) is 48.5 Å². The van der Waals surface area contributed by atoms with Gasteiger partial charge in [-0.25, -0.2) is 14.8 Å². The summed E-state index contributed by atoms with van der Waals surface area (Å²) >= 11 is 0. The first kappa shape index (κ1) is 41.6. The number of carbonyl (C=O) groups excluding carboxylic acids is 4. The van der Waals surface area contributed by atoms with Crippen LogP contribution in [0.5, 0.6) is 11.5 Å². The van der Waals surface area contributed by atoms with E-state index in [2.05, 4.69) is 15.3 Å². The minimum atomic E-state index is -1.54. The van der Waals surface area contributed by atoms with Crippen LogP contribution in [0, 0.1) is 11.3 Å². The van der Waals surface area contributed by atoms with Crippen molar-refractivity contribution in [3.63, 3.8) is 0 Å². The third-order valence-electron chi connectivity index (χ3n) is 12.2. The Morgan fingerprint density at radius 3 is 1.75 bits per heavy atom. The number of aromatic amines is 2. The second-order valence-electron chi connectivity index (χ2n) is 17.7. The number of nitrogens with zero attached hydrogens (tertiary/aromatic N) is 4. The smallest absolute Gasteiger partial charge is 0.407 e. The van der Waals surface area contributed by atoms with E-state index in [0.717, 1.165) is 63.6 Å². The first-order chi connectivity index (χ1) is 29.0. The van der Waals surface area contributed by atoms with Crippen molar-refractivity contribution in [2.45, 2.75) is 90.4 Å². The predicted molar refractivity (Wildman–Crippen MR) is 225 cm³/mol. The molecule has 16 heteroatoms. The summed E-state index contributed by atoms with van der Waals surface area (Å²) in [6.45, 7) is 9.96. The van der Waals surface area contributed by atoms with E-state index in [4.69, 9.17) is 28.9 Å². The van der Waals surface area contributed by atoms with Gasteiger partial charge in [0.05, 0.1) is 66.3 Å². The van der Waals surface area contributed by atoms with E-state index in [1.807, 2.05) is 74.2 Å². The third-order valence-corrected chi connectivity index (χ3v) is 12.2. The van der Waals surface area contributed by atoms with E-state index >= 15 is 0 Å². The van der Waals surface area contributed by atoms with Gasteiger partial charge in [-0.15, -0.1) is 0 Å². The lowest BCUT2D eigenvalue weighted by Crippen LogP contribution is -2.58. The lowest BCUT2D eigenvalue weighted by atomic mass is 9.77. The molecule has 61 heavy (non-hydrogen) atoms. The van der Waals surface area contributed by atoms with Gasteiger partial charge in [-0.2, -0.15) is 0 Å². The number of amides is 3. The number of rotatable bonds is 10. The number of likely N-dealkylation sites (tertiary alicyclic amines) is 2. The average molecular weight is 836 g/mol. The van der Waals surface area contributed by atoms with Crippen molar-refractivity contribution < 1.29 is 43.2 Å². The van der Waals surface area contributed by atoms with Crippen molar-refractivity contribution in [1.82, 2.24) is 35.1 Å². The van der Waals surface area contributed by atoms with Gasteiger partial charge >= 0.3 is 12.1 Å². The van der Waals surface area contributed by atoms with Gasteiger partial charge in [0, 0.05) is 24.2 Å². The fourth-order valence-electron chi connectivity index (χ4n) is 8.89. The van der Waals surface area contributed by atoms with E-state index < -0.39 is 40.9 Å². The van der Waals surface area contributed by atoms with Gasteiger partial charge in [0.15, 0.2) is 11.5 Å². The first-order valence-corrected chi connectivity index (χ1v) is 20.7. The second-order valence-corrected chi connectivity index (χ2v) is 17.7. The highest BCUT2D eigenvalue weighted by Crippen LogP contribution is 2.48. The van der Waals surface area contributed by atoms with Crippen molar-refractivity contribution in [3.05, 3.63) is 60.2 Å². The summed E-state index contributed by atoms with van der Waals surface area (Å²) in [6, 6.07) is 14.1. The van der Waals surface area contributed by atoms with Crippen molar-refractivity contribution in [2.75, 3.05) is 34.1 Å². The third kappa shape index (κ3) is 7.96. The highest BCUT2D eigenvalue weighted by Gasteiger charge is 2.43. The zero-order valence-electron chi connectivity index (χ0n) is 35.6. The monoisotopic (exact) mass is 835 g/mol. The molecule has 3 aromatic carbocycles. The lowest BCUT2D eigenvalue weighted by Gasteiger charge is -2.34. The van der Waals surface area contributed by atoms with E-state index in [0.29, 0.717) is 42.7 Å². The summed E-state index contributed by atoms with van der Waals surface area (Å²) < 4.78 is 21.9. The van der Waals surface area contributed by atoms with Crippen LogP contribution in [0.4, 0.5) is 4.79 Å². The molecule has 8 rings (SSSR count). The van der Waals surface area contributed by atoms with Gasteiger partial charge in [0.25, 0.3) is 0 Å². The van der Waals surface area contributed by atoms with Gasteiger partial charge in [-0.3, -0.25) is 14.4 Å². The molecule has 0 radical (unpaired) electrons. The van der Waals surface area contributed by atoms with Gasteiger partial charge in [0.1, 0.15) is 17.7 Å².